The fourth-order valence-corrected chi connectivity index (χ4v) is 8.47. The Hall–Kier alpha value is -3.90. The van der Waals surface area contributed by atoms with Crippen LogP contribution in [0.2, 0.25) is 0 Å². The van der Waals surface area contributed by atoms with Gasteiger partial charge in [0.2, 0.25) is 0 Å². The van der Waals surface area contributed by atoms with Gasteiger partial charge < -0.3 is 19.3 Å². The molecule has 1 unspecified atom stereocenters. The first-order valence-electron chi connectivity index (χ1n) is 16.5. The second-order valence-electron chi connectivity index (χ2n) is 13.0. The molecule has 46 heavy (non-hydrogen) atoms. The molecule has 7 nitrogen and oxygen atoms in total. The number of anilines is 2. The molecule has 2 fully saturated rings. The minimum atomic E-state index is -0.577. The van der Waals surface area contributed by atoms with Gasteiger partial charge in [-0.3, -0.25) is 0 Å². The van der Waals surface area contributed by atoms with Crippen molar-refractivity contribution < 1.29 is 9.47 Å². The largest absolute Gasteiger partial charge is 0.380 e. The summed E-state index contributed by atoms with van der Waals surface area (Å²) >= 11 is 1.59. The normalized spacial score (nSPS) is 23.1. The lowest BCUT2D eigenvalue weighted by atomic mass is 9.53. The Balaban J connectivity index is 1.23. The van der Waals surface area contributed by atoms with Crippen molar-refractivity contribution in [3.8, 4) is 6.07 Å². The first-order valence-corrected chi connectivity index (χ1v) is 17.7. The molecular weight excluding hydrogens is 591 g/mol. The third-order valence-corrected chi connectivity index (χ3v) is 11.0. The average Bonchev–Trinajstić information content (AvgIpc) is 3.37. The molecule has 4 aromatic rings. The summed E-state index contributed by atoms with van der Waals surface area (Å²) in [5.74, 6) is 1.83. The number of rotatable bonds is 7. The molecule has 5 aliphatic rings. The molecule has 3 heterocycles. The van der Waals surface area contributed by atoms with Crippen molar-refractivity contribution in [3.63, 3.8) is 0 Å². The summed E-state index contributed by atoms with van der Waals surface area (Å²) in [7, 11) is 0. The van der Waals surface area contributed by atoms with Gasteiger partial charge in [-0.05, 0) is 60.1 Å². The van der Waals surface area contributed by atoms with Crippen molar-refractivity contribution in [2.75, 3.05) is 42.4 Å². The van der Waals surface area contributed by atoms with Gasteiger partial charge >= 0.3 is 0 Å². The van der Waals surface area contributed by atoms with Crippen LogP contribution in [0.15, 0.2) is 78.0 Å². The van der Waals surface area contributed by atoms with Crippen LogP contribution in [0.1, 0.15) is 64.3 Å². The predicted octanol–water partition coefficient (Wildman–Crippen LogP) is 6.98. The van der Waals surface area contributed by atoms with Gasteiger partial charge in [-0.15, -0.1) is 0 Å². The van der Waals surface area contributed by atoms with Gasteiger partial charge in [0, 0.05) is 50.3 Å². The number of fused-ring (bicyclic) bond motifs is 1. The highest BCUT2D eigenvalue weighted by Gasteiger charge is 2.58. The zero-order valence-corrected chi connectivity index (χ0v) is 27.1. The summed E-state index contributed by atoms with van der Waals surface area (Å²) in [4.78, 5) is 14.9. The van der Waals surface area contributed by atoms with Gasteiger partial charge in [0.1, 0.15) is 17.5 Å². The Morgan fingerprint density at radius 3 is 2.39 bits per heavy atom. The van der Waals surface area contributed by atoms with Crippen molar-refractivity contribution in [1.29, 1.82) is 5.26 Å². The zero-order valence-electron chi connectivity index (χ0n) is 26.3. The van der Waals surface area contributed by atoms with Crippen LogP contribution >= 0.6 is 11.8 Å². The second-order valence-corrected chi connectivity index (χ2v) is 13.8. The van der Waals surface area contributed by atoms with Crippen LogP contribution in [0.3, 0.4) is 0 Å². The molecule has 8 heteroatoms. The summed E-state index contributed by atoms with van der Waals surface area (Å²) in [5.41, 5.74) is 8.14. The van der Waals surface area contributed by atoms with Crippen molar-refractivity contribution in [2.45, 2.75) is 62.1 Å². The fourth-order valence-electron chi connectivity index (χ4n) is 8.09. The summed E-state index contributed by atoms with van der Waals surface area (Å²) in [6, 6.07) is 28.3. The quantitative estimate of drug-likeness (QED) is 0.160. The van der Waals surface area contributed by atoms with Gasteiger partial charge in [0.25, 0.3) is 0 Å². The standard InChI is InChI=1S/C38H39N5O2S/c1-46-37-40-33-21-38(45-25-32(33)36(41-37)42-15-8-17-44-18-16-42)29-19-28(20-29)30-13-14-34(31(22-39)35(30)38)43(23-26-9-4-2-5-10-26)24-27-11-6-3-7-12-27/h2-7,9-14,28-29H,8,15-21,23-25H2,1H3. The highest BCUT2D eigenvalue weighted by molar-refractivity contribution is 7.98. The molecule has 0 N–H and O–H groups in total. The Labute approximate surface area is 275 Å². The topological polar surface area (TPSA) is 74.5 Å². The van der Waals surface area contributed by atoms with Crippen molar-refractivity contribution in [3.05, 3.63) is 112 Å². The molecule has 0 amide bonds. The lowest BCUT2D eigenvalue weighted by Crippen LogP contribution is -2.53. The van der Waals surface area contributed by atoms with Gasteiger partial charge in [0.05, 0.1) is 30.2 Å². The van der Waals surface area contributed by atoms with E-state index in [1.54, 1.807) is 11.8 Å². The number of hydrogen-bond donors (Lipinski definition) is 0. The van der Waals surface area contributed by atoms with Crippen LogP contribution in [0.5, 0.6) is 0 Å². The van der Waals surface area contributed by atoms with E-state index >= 15 is 0 Å². The van der Waals surface area contributed by atoms with E-state index in [-0.39, 0.29) is 0 Å². The first-order chi connectivity index (χ1) is 22.7. The van der Waals surface area contributed by atoms with Crippen molar-refractivity contribution in [2.24, 2.45) is 5.92 Å². The van der Waals surface area contributed by atoms with Gasteiger partial charge in [-0.25, -0.2) is 9.97 Å². The molecule has 3 aromatic carbocycles. The van der Waals surface area contributed by atoms with E-state index in [9.17, 15) is 5.26 Å². The highest BCUT2D eigenvalue weighted by Crippen LogP contribution is 2.63. The SMILES string of the molecule is CSc1nc2c(c(N3CCCOCC3)n1)COC1(C2)c2c(ccc(N(Cc3ccccc3)Cc3ccccc3)c2C#N)C2CC1C2. The van der Waals surface area contributed by atoms with Gasteiger partial charge in [0.15, 0.2) is 5.16 Å². The maximum atomic E-state index is 11.0. The molecule has 0 radical (unpaired) electrons. The molecule has 1 aromatic heterocycles. The van der Waals surface area contributed by atoms with Crippen LogP contribution in [-0.4, -0.2) is 42.5 Å². The van der Waals surface area contributed by atoms with E-state index in [2.05, 4.69) is 88.7 Å². The summed E-state index contributed by atoms with van der Waals surface area (Å²) in [5, 5.41) is 11.8. The van der Waals surface area contributed by atoms with E-state index < -0.39 is 5.60 Å². The van der Waals surface area contributed by atoms with E-state index in [1.807, 2.05) is 6.26 Å². The molecular formula is C38H39N5O2S. The Kier molecular flexibility index (Phi) is 7.93. The lowest BCUT2D eigenvalue weighted by molar-refractivity contribution is -0.151. The number of aromatic nitrogens is 2. The van der Waals surface area contributed by atoms with E-state index in [4.69, 9.17) is 19.4 Å². The van der Waals surface area contributed by atoms with E-state index in [0.717, 1.165) is 78.0 Å². The van der Waals surface area contributed by atoms with Crippen molar-refractivity contribution >= 4 is 23.3 Å². The van der Waals surface area contributed by atoms with Crippen LogP contribution in [0, 0.1) is 17.2 Å². The predicted molar refractivity (Wildman–Crippen MR) is 181 cm³/mol. The summed E-state index contributed by atoms with van der Waals surface area (Å²) in [6.45, 7) is 5.07. The number of nitrogens with zero attached hydrogens (tertiary/aromatic N) is 5. The van der Waals surface area contributed by atoms with Gasteiger partial charge in [-0.2, -0.15) is 5.26 Å². The fraction of sp³-hybridized carbons (Fsp3) is 0.395. The third-order valence-electron chi connectivity index (χ3n) is 10.4. The number of hydrogen-bond acceptors (Lipinski definition) is 8. The molecule has 1 saturated heterocycles. The second kappa shape index (κ2) is 12.4. The molecule has 234 valence electrons. The van der Waals surface area contributed by atoms with Crippen LogP contribution in [-0.2, 0) is 41.2 Å². The molecule has 2 aliphatic heterocycles. The Morgan fingerprint density at radius 1 is 0.957 bits per heavy atom. The molecule has 3 aliphatic carbocycles. The minimum Gasteiger partial charge on any atom is -0.380 e. The number of nitriles is 1. The third kappa shape index (κ3) is 5.15. The first kappa shape index (κ1) is 29.5. The Bertz CT molecular complexity index is 1720. The van der Waals surface area contributed by atoms with E-state index in [0.29, 0.717) is 44.6 Å². The van der Waals surface area contributed by atoms with Crippen LogP contribution < -0.4 is 9.80 Å². The highest BCUT2D eigenvalue weighted by atomic mass is 32.2. The number of ether oxygens (including phenoxy) is 2. The van der Waals surface area contributed by atoms with Gasteiger partial charge in [-0.1, -0.05) is 78.5 Å². The summed E-state index contributed by atoms with van der Waals surface area (Å²) in [6.07, 6.45) is 5.89. The van der Waals surface area contributed by atoms with Crippen LogP contribution in [0.4, 0.5) is 11.5 Å². The monoisotopic (exact) mass is 629 g/mol. The zero-order chi connectivity index (χ0) is 31.1. The minimum absolute atomic E-state index is 0.361. The molecule has 1 atom stereocenters. The maximum Gasteiger partial charge on any atom is 0.189 e. The number of thioether (sulfide) groups is 1. The Morgan fingerprint density at radius 2 is 1.70 bits per heavy atom. The molecule has 9 rings (SSSR count). The van der Waals surface area contributed by atoms with E-state index in [1.165, 1.54) is 16.7 Å². The van der Waals surface area contributed by atoms with Crippen LogP contribution in [0.25, 0.3) is 0 Å². The molecule has 1 spiro atoms. The smallest absolute Gasteiger partial charge is 0.189 e. The number of benzene rings is 3. The maximum absolute atomic E-state index is 11.0. The molecule has 1 saturated carbocycles. The van der Waals surface area contributed by atoms with Crippen molar-refractivity contribution in [1.82, 2.24) is 9.97 Å². The molecule has 2 bridgehead atoms. The summed E-state index contributed by atoms with van der Waals surface area (Å²) < 4.78 is 12.9. The average molecular weight is 630 g/mol. The lowest BCUT2D eigenvalue weighted by Gasteiger charge is -2.57.